The summed E-state index contributed by atoms with van der Waals surface area (Å²) in [5, 5.41) is 5.29. The highest BCUT2D eigenvalue weighted by Gasteiger charge is 2.10. The summed E-state index contributed by atoms with van der Waals surface area (Å²) in [6.45, 7) is 4.12. The van der Waals surface area contributed by atoms with Crippen LogP contribution in [0.2, 0.25) is 0 Å². The van der Waals surface area contributed by atoms with Gasteiger partial charge in [0, 0.05) is 17.7 Å². The first kappa shape index (κ1) is 23.7. The van der Waals surface area contributed by atoms with Gasteiger partial charge in [-0.05, 0) is 62.7 Å². The summed E-state index contributed by atoms with van der Waals surface area (Å²) in [4.78, 5) is 35.3. The molecule has 0 bridgehead atoms. The van der Waals surface area contributed by atoms with Gasteiger partial charge in [-0.3, -0.25) is 14.4 Å². The van der Waals surface area contributed by atoms with E-state index in [2.05, 4.69) is 10.6 Å². The Bertz CT molecular complexity index is 895. The van der Waals surface area contributed by atoms with Gasteiger partial charge in [0.15, 0.2) is 17.3 Å². The molecule has 2 rings (SSSR count). The molecule has 0 aliphatic rings. The monoisotopic (exact) mass is 428 g/mol. The molecule has 0 saturated heterocycles. The molecule has 0 aliphatic carbocycles. The maximum Gasteiger partial charge on any atom is 0.243 e. The van der Waals surface area contributed by atoms with Crippen LogP contribution >= 0.6 is 0 Å². The van der Waals surface area contributed by atoms with Gasteiger partial charge in [-0.15, -0.1) is 0 Å². The van der Waals surface area contributed by atoms with E-state index in [9.17, 15) is 14.4 Å². The van der Waals surface area contributed by atoms with E-state index in [4.69, 9.17) is 14.2 Å². The van der Waals surface area contributed by atoms with Gasteiger partial charge in [0.1, 0.15) is 5.75 Å². The first-order chi connectivity index (χ1) is 14.9. The van der Waals surface area contributed by atoms with Crippen molar-refractivity contribution in [3.63, 3.8) is 0 Å². The molecule has 8 heteroatoms. The third-order valence-electron chi connectivity index (χ3n) is 4.27. The normalized spacial score (nSPS) is 10.2. The Morgan fingerprint density at radius 2 is 1.68 bits per heavy atom. The zero-order chi connectivity index (χ0) is 22.6. The molecule has 0 aliphatic heterocycles. The van der Waals surface area contributed by atoms with Crippen molar-refractivity contribution in [1.29, 1.82) is 0 Å². The number of methoxy groups -OCH3 is 1. The molecule has 0 spiro atoms. The number of hydrogen-bond donors (Lipinski definition) is 2. The Morgan fingerprint density at radius 3 is 2.32 bits per heavy atom. The van der Waals surface area contributed by atoms with Crippen molar-refractivity contribution in [2.24, 2.45) is 0 Å². The van der Waals surface area contributed by atoms with Gasteiger partial charge in [0.25, 0.3) is 0 Å². The Kier molecular flexibility index (Phi) is 9.35. The van der Waals surface area contributed by atoms with Crippen LogP contribution in [-0.2, 0) is 9.59 Å². The second kappa shape index (κ2) is 12.2. The summed E-state index contributed by atoms with van der Waals surface area (Å²) in [6, 6.07) is 11.9. The number of anilines is 1. The van der Waals surface area contributed by atoms with Gasteiger partial charge >= 0.3 is 0 Å². The standard InChI is InChI=1S/C23H28N2O6/c1-4-30-19-10-8-18(9-11-19)25-23(28)15-24-22(27)6-5-13-31-20-12-7-17(16(2)26)14-21(20)29-3/h7-12,14H,4-6,13,15H2,1-3H3,(H,24,27)(H,25,28). The molecule has 0 unspecified atom stereocenters. The Balaban J connectivity index is 1.68. The molecule has 0 heterocycles. The predicted octanol–water partition coefficient (Wildman–Crippen LogP) is 3.21. The summed E-state index contributed by atoms with van der Waals surface area (Å²) in [7, 11) is 1.50. The van der Waals surface area contributed by atoms with Crippen molar-refractivity contribution in [3.05, 3.63) is 48.0 Å². The van der Waals surface area contributed by atoms with E-state index in [1.165, 1.54) is 14.0 Å². The lowest BCUT2D eigenvalue weighted by atomic mass is 10.1. The van der Waals surface area contributed by atoms with Crippen LogP contribution in [0.4, 0.5) is 5.69 Å². The van der Waals surface area contributed by atoms with Crippen LogP contribution in [0.25, 0.3) is 0 Å². The number of Topliss-reactive ketones (excluding diaryl/α,β-unsaturated/α-hetero) is 1. The van der Waals surface area contributed by atoms with E-state index in [0.29, 0.717) is 42.4 Å². The van der Waals surface area contributed by atoms with E-state index < -0.39 is 0 Å². The maximum atomic E-state index is 12.0. The van der Waals surface area contributed by atoms with Crippen molar-refractivity contribution >= 4 is 23.3 Å². The van der Waals surface area contributed by atoms with Crippen LogP contribution < -0.4 is 24.8 Å². The van der Waals surface area contributed by atoms with Gasteiger partial charge in [-0.1, -0.05) is 0 Å². The zero-order valence-corrected chi connectivity index (χ0v) is 18.0. The lowest BCUT2D eigenvalue weighted by Gasteiger charge is -2.11. The van der Waals surface area contributed by atoms with E-state index >= 15 is 0 Å². The summed E-state index contributed by atoms with van der Waals surface area (Å²) in [5.74, 6) is 1.07. The number of benzene rings is 2. The van der Waals surface area contributed by atoms with E-state index in [-0.39, 0.29) is 30.6 Å². The van der Waals surface area contributed by atoms with Gasteiger partial charge in [-0.2, -0.15) is 0 Å². The molecule has 166 valence electrons. The Labute approximate surface area is 181 Å². The number of nitrogens with one attached hydrogen (secondary N) is 2. The number of hydrogen-bond acceptors (Lipinski definition) is 6. The van der Waals surface area contributed by atoms with Gasteiger partial charge in [0.2, 0.25) is 11.8 Å². The lowest BCUT2D eigenvalue weighted by Crippen LogP contribution is -2.32. The highest BCUT2D eigenvalue weighted by atomic mass is 16.5. The minimum absolute atomic E-state index is 0.0620. The highest BCUT2D eigenvalue weighted by Crippen LogP contribution is 2.28. The quantitative estimate of drug-likeness (QED) is 0.398. The van der Waals surface area contributed by atoms with Crippen molar-refractivity contribution in [3.8, 4) is 17.2 Å². The van der Waals surface area contributed by atoms with Crippen LogP contribution in [-0.4, -0.2) is 44.5 Å². The number of rotatable bonds is 12. The zero-order valence-electron chi connectivity index (χ0n) is 18.0. The van der Waals surface area contributed by atoms with Crippen molar-refractivity contribution in [1.82, 2.24) is 5.32 Å². The molecule has 0 saturated carbocycles. The minimum Gasteiger partial charge on any atom is -0.494 e. The van der Waals surface area contributed by atoms with Gasteiger partial charge in [-0.25, -0.2) is 0 Å². The van der Waals surface area contributed by atoms with E-state index in [1.54, 1.807) is 42.5 Å². The van der Waals surface area contributed by atoms with Crippen LogP contribution in [0.3, 0.4) is 0 Å². The first-order valence-electron chi connectivity index (χ1n) is 10.0. The summed E-state index contributed by atoms with van der Waals surface area (Å²) in [5.41, 5.74) is 1.16. The molecule has 0 fully saturated rings. The molecule has 0 radical (unpaired) electrons. The molecule has 31 heavy (non-hydrogen) atoms. The number of carbonyl (C=O) groups excluding carboxylic acids is 3. The van der Waals surface area contributed by atoms with Gasteiger partial charge in [0.05, 0.1) is 26.9 Å². The SMILES string of the molecule is CCOc1ccc(NC(=O)CNC(=O)CCCOc2ccc(C(C)=O)cc2OC)cc1. The first-order valence-corrected chi connectivity index (χ1v) is 10.0. The van der Waals surface area contributed by atoms with Crippen LogP contribution in [0, 0.1) is 0 Å². The van der Waals surface area contributed by atoms with Crippen molar-refractivity contribution < 1.29 is 28.6 Å². The van der Waals surface area contributed by atoms with E-state index in [1.807, 2.05) is 6.92 Å². The number of amides is 2. The topological polar surface area (TPSA) is 103 Å². The van der Waals surface area contributed by atoms with Crippen molar-refractivity contribution in [2.45, 2.75) is 26.7 Å². The second-order valence-electron chi connectivity index (χ2n) is 6.66. The lowest BCUT2D eigenvalue weighted by molar-refractivity contribution is -0.124. The number of ketones is 1. The number of carbonyl (C=O) groups is 3. The maximum absolute atomic E-state index is 12.0. The molecule has 2 N–H and O–H groups in total. The predicted molar refractivity (Wildman–Crippen MR) is 117 cm³/mol. The fraction of sp³-hybridized carbons (Fsp3) is 0.348. The fourth-order valence-electron chi connectivity index (χ4n) is 2.69. The Morgan fingerprint density at radius 1 is 0.935 bits per heavy atom. The molecular formula is C23H28N2O6. The molecule has 0 aromatic heterocycles. The highest BCUT2D eigenvalue weighted by molar-refractivity contribution is 5.95. The summed E-state index contributed by atoms with van der Waals surface area (Å²) in [6.07, 6.45) is 0.675. The minimum atomic E-state index is -0.316. The van der Waals surface area contributed by atoms with Gasteiger partial charge < -0.3 is 24.8 Å². The molecule has 2 amide bonds. The molecule has 0 atom stereocenters. The average molecular weight is 428 g/mol. The summed E-state index contributed by atoms with van der Waals surface area (Å²) < 4.78 is 16.2. The molecular weight excluding hydrogens is 400 g/mol. The Hall–Kier alpha value is -3.55. The van der Waals surface area contributed by atoms with Crippen molar-refractivity contribution in [2.75, 3.05) is 32.2 Å². The average Bonchev–Trinajstić information content (AvgIpc) is 2.76. The molecule has 2 aromatic rings. The number of ether oxygens (including phenoxy) is 3. The van der Waals surface area contributed by atoms with E-state index in [0.717, 1.165) is 5.75 Å². The third kappa shape index (κ3) is 8.00. The fourth-order valence-corrected chi connectivity index (χ4v) is 2.69. The largest absolute Gasteiger partial charge is 0.494 e. The van der Waals surface area contributed by atoms with Crippen LogP contribution in [0.5, 0.6) is 17.2 Å². The second-order valence-corrected chi connectivity index (χ2v) is 6.66. The molecule has 8 nitrogen and oxygen atoms in total. The van der Waals surface area contributed by atoms with Crippen LogP contribution in [0.1, 0.15) is 37.0 Å². The summed E-state index contributed by atoms with van der Waals surface area (Å²) >= 11 is 0. The smallest absolute Gasteiger partial charge is 0.243 e. The molecule has 2 aromatic carbocycles. The third-order valence-corrected chi connectivity index (χ3v) is 4.27. The van der Waals surface area contributed by atoms with Crippen LogP contribution in [0.15, 0.2) is 42.5 Å².